The first-order valence-corrected chi connectivity index (χ1v) is 7.24. The predicted molar refractivity (Wildman–Crippen MR) is 83.9 cm³/mol. The number of hydrogen-bond donors (Lipinski definition) is 2. The van der Waals surface area contributed by atoms with Crippen LogP contribution in [0.1, 0.15) is 30.1 Å². The van der Waals surface area contributed by atoms with Crippen LogP contribution in [-0.2, 0) is 0 Å². The molecule has 1 heterocycles. The van der Waals surface area contributed by atoms with Crippen LogP contribution in [0.15, 0.2) is 28.7 Å². The second-order valence-electron chi connectivity index (χ2n) is 4.85. The van der Waals surface area contributed by atoms with E-state index in [9.17, 15) is 4.79 Å². The van der Waals surface area contributed by atoms with E-state index in [2.05, 4.69) is 33.5 Å². The van der Waals surface area contributed by atoms with Gasteiger partial charge in [-0.1, -0.05) is 12.1 Å². The van der Waals surface area contributed by atoms with Gasteiger partial charge in [0.1, 0.15) is 0 Å². The molecule has 0 radical (unpaired) electrons. The first kappa shape index (κ1) is 16.5. The van der Waals surface area contributed by atoms with Gasteiger partial charge in [0, 0.05) is 10.5 Å². The first-order valence-electron chi connectivity index (χ1n) is 6.44. The number of nitrogens with one attached hydrogen (secondary N) is 2. The lowest BCUT2D eigenvalue weighted by Crippen LogP contribution is -2.44. The summed E-state index contributed by atoms with van der Waals surface area (Å²) < 4.78 is 0.844. The topological polar surface area (TPSA) is 41.1 Å². The molecular formula is C14H20BrClN2O. The van der Waals surface area contributed by atoms with Crippen LogP contribution in [-0.4, -0.2) is 25.0 Å². The van der Waals surface area contributed by atoms with Crippen molar-refractivity contribution in [2.75, 3.05) is 13.1 Å². The van der Waals surface area contributed by atoms with E-state index in [0.717, 1.165) is 17.6 Å². The Kier molecular flexibility index (Phi) is 6.83. The van der Waals surface area contributed by atoms with Crippen molar-refractivity contribution in [2.24, 2.45) is 5.92 Å². The van der Waals surface area contributed by atoms with Crippen molar-refractivity contribution in [1.82, 2.24) is 10.6 Å². The molecule has 1 aliphatic heterocycles. The first-order chi connectivity index (χ1) is 8.68. The van der Waals surface area contributed by atoms with Crippen LogP contribution in [0.4, 0.5) is 0 Å². The van der Waals surface area contributed by atoms with Crippen LogP contribution in [0.25, 0.3) is 0 Å². The van der Waals surface area contributed by atoms with Crippen molar-refractivity contribution in [2.45, 2.75) is 25.8 Å². The van der Waals surface area contributed by atoms with Crippen molar-refractivity contribution in [3.8, 4) is 0 Å². The van der Waals surface area contributed by atoms with Gasteiger partial charge in [-0.2, -0.15) is 0 Å². The highest BCUT2D eigenvalue weighted by Crippen LogP contribution is 2.18. The average molecular weight is 348 g/mol. The molecule has 1 amide bonds. The molecule has 1 saturated heterocycles. The number of carbonyl (C=O) groups is 1. The SMILES string of the molecule is CC(NC(=O)c1ccccc1Br)C1CCCNC1.Cl. The molecule has 3 nitrogen and oxygen atoms in total. The number of rotatable bonds is 3. The van der Waals surface area contributed by atoms with E-state index in [1.165, 1.54) is 12.8 Å². The van der Waals surface area contributed by atoms with Crippen LogP contribution in [0.3, 0.4) is 0 Å². The lowest BCUT2D eigenvalue weighted by molar-refractivity contribution is 0.0921. The van der Waals surface area contributed by atoms with Crippen LogP contribution in [0, 0.1) is 5.92 Å². The number of amides is 1. The lowest BCUT2D eigenvalue weighted by Gasteiger charge is -2.29. The molecule has 0 spiro atoms. The van der Waals surface area contributed by atoms with Crippen molar-refractivity contribution < 1.29 is 4.79 Å². The Morgan fingerprint density at radius 3 is 2.84 bits per heavy atom. The van der Waals surface area contributed by atoms with Crippen LogP contribution in [0.2, 0.25) is 0 Å². The average Bonchev–Trinajstić information content (AvgIpc) is 2.40. The van der Waals surface area contributed by atoms with E-state index < -0.39 is 0 Å². The zero-order valence-electron chi connectivity index (χ0n) is 11.0. The molecule has 0 aliphatic carbocycles. The molecule has 1 aromatic rings. The molecule has 19 heavy (non-hydrogen) atoms. The number of benzene rings is 1. The van der Waals surface area contributed by atoms with Crippen molar-refractivity contribution >= 4 is 34.2 Å². The maximum atomic E-state index is 12.2. The van der Waals surface area contributed by atoms with Crippen molar-refractivity contribution in [1.29, 1.82) is 0 Å². The third-order valence-electron chi connectivity index (χ3n) is 3.52. The minimum absolute atomic E-state index is 0. The van der Waals surface area contributed by atoms with Gasteiger partial charge < -0.3 is 10.6 Å². The summed E-state index contributed by atoms with van der Waals surface area (Å²) in [4.78, 5) is 12.2. The molecule has 106 valence electrons. The third-order valence-corrected chi connectivity index (χ3v) is 4.21. The Labute approximate surface area is 129 Å². The minimum atomic E-state index is 0. The summed E-state index contributed by atoms with van der Waals surface area (Å²) in [5, 5.41) is 6.48. The predicted octanol–water partition coefficient (Wildman–Crippen LogP) is 2.99. The van der Waals surface area contributed by atoms with Gasteiger partial charge in [-0.25, -0.2) is 0 Å². The van der Waals surface area contributed by atoms with E-state index in [1.54, 1.807) is 0 Å². The van der Waals surface area contributed by atoms with Gasteiger partial charge in [-0.15, -0.1) is 12.4 Å². The Bertz CT molecular complexity index is 422. The monoisotopic (exact) mass is 346 g/mol. The second-order valence-corrected chi connectivity index (χ2v) is 5.70. The molecule has 2 rings (SSSR count). The fraction of sp³-hybridized carbons (Fsp3) is 0.500. The zero-order chi connectivity index (χ0) is 13.0. The van der Waals surface area contributed by atoms with Gasteiger partial charge in [0.2, 0.25) is 0 Å². The summed E-state index contributed by atoms with van der Waals surface area (Å²) >= 11 is 3.41. The molecule has 2 atom stereocenters. The van der Waals surface area contributed by atoms with E-state index in [-0.39, 0.29) is 24.4 Å². The minimum Gasteiger partial charge on any atom is -0.349 e. The van der Waals surface area contributed by atoms with E-state index in [4.69, 9.17) is 0 Å². The number of piperidine rings is 1. The summed E-state index contributed by atoms with van der Waals surface area (Å²) in [5.41, 5.74) is 0.702. The van der Waals surface area contributed by atoms with Gasteiger partial charge in [-0.05, 0) is 66.8 Å². The molecule has 0 bridgehead atoms. The molecule has 1 aromatic carbocycles. The molecule has 0 aromatic heterocycles. The van der Waals surface area contributed by atoms with E-state index in [1.807, 2.05) is 24.3 Å². The van der Waals surface area contributed by atoms with Crippen LogP contribution >= 0.6 is 28.3 Å². The Balaban J connectivity index is 0.00000180. The Morgan fingerprint density at radius 1 is 1.47 bits per heavy atom. The van der Waals surface area contributed by atoms with Gasteiger partial charge in [0.05, 0.1) is 5.56 Å². The molecule has 5 heteroatoms. The van der Waals surface area contributed by atoms with E-state index in [0.29, 0.717) is 11.5 Å². The quantitative estimate of drug-likeness (QED) is 0.882. The van der Waals surface area contributed by atoms with Crippen molar-refractivity contribution in [3.63, 3.8) is 0 Å². The summed E-state index contributed by atoms with van der Waals surface area (Å²) in [6.07, 6.45) is 2.38. The Morgan fingerprint density at radius 2 is 2.21 bits per heavy atom. The number of carbonyl (C=O) groups excluding carboxylic acids is 1. The largest absolute Gasteiger partial charge is 0.349 e. The highest BCUT2D eigenvalue weighted by Gasteiger charge is 2.22. The zero-order valence-corrected chi connectivity index (χ0v) is 13.4. The van der Waals surface area contributed by atoms with Gasteiger partial charge in [-0.3, -0.25) is 4.79 Å². The fourth-order valence-corrected chi connectivity index (χ4v) is 2.82. The van der Waals surface area contributed by atoms with Gasteiger partial charge in [0.25, 0.3) is 5.91 Å². The second kappa shape index (κ2) is 7.88. The van der Waals surface area contributed by atoms with Crippen LogP contribution < -0.4 is 10.6 Å². The van der Waals surface area contributed by atoms with Gasteiger partial charge >= 0.3 is 0 Å². The normalized spacial score (nSPS) is 20.2. The van der Waals surface area contributed by atoms with Crippen LogP contribution in [0.5, 0.6) is 0 Å². The third kappa shape index (κ3) is 4.48. The molecule has 0 saturated carbocycles. The highest BCUT2D eigenvalue weighted by molar-refractivity contribution is 9.10. The maximum Gasteiger partial charge on any atom is 0.252 e. The number of hydrogen-bond acceptors (Lipinski definition) is 2. The molecule has 1 fully saturated rings. The molecule has 1 aliphatic rings. The Hall–Kier alpha value is -0.580. The highest BCUT2D eigenvalue weighted by atomic mass is 79.9. The summed E-state index contributed by atoms with van der Waals surface area (Å²) in [6.45, 7) is 4.19. The molecule has 2 N–H and O–H groups in total. The number of halogens is 2. The summed E-state index contributed by atoms with van der Waals surface area (Å²) in [5.74, 6) is 0.533. The summed E-state index contributed by atoms with van der Waals surface area (Å²) in [7, 11) is 0. The standard InChI is InChI=1S/C14H19BrN2O.ClH/c1-10(11-5-4-8-16-9-11)17-14(18)12-6-2-3-7-13(12)15;/h2-3,6-7,10-11,16H,4-5,8-9H2,1H3,(H,17,18);1H. The fourth-order valence-electron chi connectivity index (χ4n) is 2.35. The maximum absolute atomic E-state index is 12.2. The summed E-state index contributed by atoms with van der Waals surface area (Å²) in [6, 6.07) is 7.73. The van der Waals surface area contributed by atoms with Crippen molar-refractivity contribution in [3.05, 3.63) is 34.3 Å². The molecular weight excluding hydrogens is 328 g/mol. The molecule has 2 unspecified atom stereocenters. The smallest absolute Gasteiger partial charge is 0.252 e. The van der Waals surface area contributed by atoms with Gasteiger partial charge in [0.15, 0.2) is 0 Å². The van der Waals surface area contributed by atoms with E-state index >= 15 is 0 Å². The lowest BCUT2D eigenvalue weighted by atomic mass is 9.92.